The first kappa shape index (κ1) is 10.1. The largest absolute Gasteiger partial charge is 0.316 e. The van der Waals surface area contributed by atoms with Gasteiger partial charge in [0.05, 0.1) is 11.5 Å². The molecule has 0 atom stereocenters. The summed E-state index contributed by atoms with van der Waals surface area (Å²) < 4.78 is 21.9. The molecule has 1 saturated carbocycles. The molecule has 2 heterocycles. The van der Waals surface area contributed by atoms with Crippen molar-refractivity contribution in [2.75, 3.05) is 31.1 Å². The molecule has 86 valence electrons. The minimum atomic E-state index is -2.66. The Bertz CT molecular complexity index is 342. The van der Waals surface area contributed by atoms with E-state index in [-0.39, 0.29) is 6.04 Å². The summed E-state index contributed by atoms with van der Waals surface area (Å²) in [5.41, 5.74) is 0.637. The van der Waals surface area contributed by atoms with E-state index in [2.05, 4.69) is 10.6 Å². The maximum absolute atomic E-state index is 10.9. The summed E-state index contributed by atoms with van der Waals surface area (Å²) in [6.07, 6.45) is 2.65. The smallest absolute Gasteiger partial charge is 0.153 e. The topological polar surface area (TPSA) is 58.2 Å². The zero-order valence-electron chi connectivity index (χ0n) is 8.83. The third kappa shape index (κ3) is 1.81. The molecule has 1 spiro atoms. The van der Waals surface area contributed by atoms with E-state index in [1.165, 1.54) is 25.9 Å². The summed E-state index contributed by atoms with van der Waals surface area (Å²) in [5, 5.41) is 6.69. The van der Waals surface area contributed by atoms with Gasteiger partial charge in [0, 0.05) is 19.1 Å². The molecule has 15 heavy (non-hydrogen) atoms. The van der Waals surface area contributed by atoms with Crippen LogP contribution in [0.25, 0.3) is 0 Å². The average Bonchev–Trinajstić information content (AvgIpc) is 1.94. The van der Waals surface area contributed by atoms with Gasteiger partial charge in [0.2, 0.25) is 0 Å². The fourth-order valence-electron chi connectivity index (χ4n) is 3.09. The highest BCUT2D eigenvalue weighted by Crippen LogP contribution is 2.47. The lowest BCUT2D eigenvalue weighted by Crippen LogP contribution is -2.62. The normalized spacial score (nSPS) is 36.7. The van der Waals surface area contributed by atoms with Crippen LogP contribution in [0.3, 0.4) is 0 Å². The second-order valence-electron chi connectivity index (χ2n) is 5.56. The number of nitrogens with one attached hydrogen (secondary N) is 2. The minimum absolute atomic E-state index is 0.242. The molecule has 0 amide bonds. The van der Waals surface area contributed by atoms with Crippen LogP contribution in [0.15, 0.2) is 0 Å². The fourth-order valence-corrected chi connectivity index (χ4v) is 4.46. The molecule has 5 heteroatoms. The monoisotopic (exact) mass is 230 g/mol. The summed E-state index contributed by atoms with van der Waals surface area (Å²) in [6, 6.07) is 0.242. The van der Waals surface area contributed by atoms with Crippen molar-refractivity contribution < 1.29 is 8.42 Å². The van der Waals surface area contributed by atoms with Crippen LogP contribution in [-0.4, -0.2) is 45.6 Å². The molecular formula is C10H18N2O2S. The van der Waals surface area contributed by atoms with Gasteiger partial charge in [-0.3, -0.25) is 0 Å². The highest BCUT2D eigenvalue weighted by atomic mass is 32.2. The summed E-state index contributed by atoms with van der Waals surface area (Å²) >= 11 is 0. The lowest BCUT2D eigenvalue weighted by molar-refractivity contribution is 0.000357. The lowest BCUT2D eigenvalue weighted by atomic mass is 9.58. The van der Waals surface area contributed by atoms with Crippen LogP contribution >= 0.6 is 0 Å². The third-order valence-corrected chi connectivity index (χ3v) is 5.87. The van der Waals surface area contributed by atoms with E-state index >= 15 is 0 Å². The zero-order valence-corrected chi connectivity index (χ0v) is 9.65. The molecular weight excluding hydrogens is 212 g/mol. The lowest BCUT2D eigenvalue weighted by Gasteiger charge is -2.55. The summed E-state index contributed by atoms with van der Waals surface area (Å²) in [7, 11) is -2.66. The standard InChI is InChI=1S/C10H18N2O2S/c13-15(14)4-9(5-15)12-3-8-1-10(2-8)6-11-7-10/h8-9,11-12H,1-7H2. The molecule has 0 bridgehead atoms. The molecule has 3 fully saturated rings. The Morgan fingerprint density at radius 2 is 1.93 bits per heavy atom. The van der Waals surface area contributed by atoms with Gasteiger partial charge in [-0.05, 0) is 30.7 Å². The Morgan fingerprint density at radius 3 is 2.40 bits per heavy atom. The molecule has 3 rings (SSSR count). The maximum atomic E-state index is 10.9. The molecule has 0 aromatic rings. The molecule has 0 aromatic heterocycles. The maximum Gasteiger partial charge on any atom is 0.153 e. The van der Waals surface area contributed by atoms with Gasteiger partial charge < -0.3 is 10.6 Å². The van der Waals surface area contributed by atoms with E-state index in [0.29, 0.717) is 16.9 Å². The van der Waals surface area contributed by atoms with Crippen LogP contribution in [0.5, 0.6) is 0 Å². The van der Waals surface area contributed by atoms with Crippen molar-refractivity contribution in [3.05, 3.63) is 0 Å². The minimum Gasteiger partial charge on any atom is -0.316 e. The Labute approximate surface area is 90.7 Å². The predicted molar refractivity (Wildman–Crippen MR) is 58.5 cm³/mol. The summed E-state index contributed by atoms with van der Waals surface area (Å²) in [4.78, 5) is 0. The molecule has 1 aliphatic carbocycles. The second-order valence-corrected chi connectivity index (χ2v) is 7.71. The number of hydrogen-bond acceptors (Lipinski definition) is 4. The van der Waals surface area contributed by atoms with Gasteiger partial charge >= 0.3 is 0 Å². The zero-order chi connectivity index (χ0) is 10.5. The fraction of sp³-hybridized carbons (Fsp3) is 1.00. The summed E-state index contributed by atoms with van der Waals surface area (Å²) in [6.45, 7) is 3.41. The van der Waals surface area contributed by atoms with Crippen molar-refractivity contribution in [2.45, 2.75) is 18.9 Å². The third-order valence-electron chi connectivity index (χ3n) is 4.05. The van der Waals surface area contributed by atoms with Crippen molar-refractivity contribution in [1.82, 2.24) is 10.6 Å². The van der Waals surface area contributed by atoms with Crippen LogP contribution in [0.1, 0.15) is 12.8 Å². The molecule has 3 aliphatic rings. The Kier molecular flexibility index (Phi) is 2.13. The molecule has 0 unspecified atom stereocenters. The van der Waals surface area contributed by atoms with Gasteiger partial charge in [-0.2, -0.15) is 0 Å². The highest BCUT2D eigenvalue weighted by Gasteiger charge is 2.48. The van der Waals surface area contributed by atoms with Gasteiger partial charge in [0.15, 0.2) is 9.84 Å². The van der Waals surface area contributed by atoms with E-state index in [0.717, 1.165) is 12.5 Å². The van der Waals surface area contributed by atoms with Crippen LogP contribution in [0.2, 0.25) is 0 Å². The van der Waals surface area contributed by atoms with Crippen LogP contribution in [-0.2, 0) is 9.84 Å². The van der Waals surface area contributed by atoms with Gasteiger partial charge in [0.25, 0.3) is 0 Å². The number of hydrogen-bond donors (Lipinski definition) is 2. The molecule has 2 saturated heterocycles. The van der Waals surface area contributed by atoms with Crippen LogP contribution in [0, 0.1) is 11.3 Å². The van der Waals surface area contributed by atoms with Crippen molar-refractivity contribution in [1.29, 1.82) is 0 Å². The average molecular weight is 230 g/mol. The number of rotatable bonds is 3. The Hall–Kier alpha value is -0.130. The van der Waals surface area contributed by atoms with Gasteiger partial charge in [-0.15, -0.1) is 0 Å². The van der Waals surface area contributed by atoms with Crippen molar-refractivity contribution in [2.24, 2.45) is 11.3 Å². The molecule has 0 radical (unpaired) electrons. The molecule has 2 aliphatic heterocycles. The van der Waals surface area contributed by atoms with Crippen LogP contribution < -0.4 is 10.6 Å². The van der Waals surface area contributed by atoms with Gasteiger partial charge in [-0.1, -0.05) is 0 Å². The number of sulfone groups is 1. The van der Waals surface area contributed by atoms with Gasteiger partial charge in [0.1, 0.15) is 0 Å². The van der Waals surface area contributed by atoms with E-state index in [1.54, 1.807) is 0 Å². The summed E-state index contributed by atoms with van der Waals surface area (Å²) in [5.74, 6) is 1.49. The molecule has 4 nitrogen and oxygen atoms in total. The SMILES string of the molecule is O=S1(=O)CC(NCC2CC3(CNC3)C2)C1. The van der Waals surface area contributed by atoms with Crippen molar-refractivity contribution in [3.63, 3.8) is 0 Å². The van der Waals surface area contributed by atoms with E-state index in [1.807, 2.05) is 0 Å². The Morgan fingerprint density at radius 1 is 1.27 bits per heavy atom. The van der Waals surface area contributed by atoms with Crippen molar-refractivity contribution >= 4 is 9.84 Å². The van der Waals surface area contributed by atoms with Crippen LogP contribution in [0.4, 0.5) is 0 Å². The first-order chi connectivity index (χ1) is 7.07. The molecule has 2 N–H and O–H groups in total. The predicted octanol–water partition coefficient (Wildman–Crippen LogP) is -0.627. The quantitative estimate of drug-likeness (QED) is 0.678. The molecule has 0 aromatic carbocycles. The second kappa shape index (κ2) is 3.18. The van der Waals surface area contributed by atoms with E-state index < -0.39 is 9.84 Å². The van der Waals surface area contributed by atoms with Gasteiger partial charge in [-0.25, -0.2) is 8.42 Å². The first-order valence-electron chi connectivity index (χ1n) is 5.72. The first-order valence-corrected chi connectivity index (χ1v) is 7.54. The Balaban J connectivity index is 1.35. The van der Waals surface area contributed by atoms with E-state index in [9.17, 15) is 8.42 Å². The highest BCUT2D eigenvalue weighted by molar-refractivity contribution is 7.92. The van der Waals surface area contributed by atoms with Crippen molar-refractivity contribution in [3.8, 4) is 0 Å². The van der Waals surface area contributed by atoms with E-state index in [4.69, 9.17) is 0 Å².